The summed E-state index contributed by atoms with van der Waals surface area (Å²) in [6.07, 6.45) is 0.618. The van der Waals surface area contributed by atoms with Gasteiger partial charge in [-0.05, 0) is 50.1 Å². The van der Waals surface area contributed by atoms with E-state index in [1.807, 2.05) is 60.4 Å². The largest absolute Gasteiger partial charge is 0.492 e. The molecule has 0 atom stereocenters. The minimum atomic E-state index is -0.349. The van der Waals surface area contributed by atoms with Crippen LogP contribution in [0.25, 0.3) is 0 Å². The number of carbonyl (C=O) groups excluding carboxylic acids is 2. The van der Waals surface area contributed by atoms with Gasteiger partial charge in [0.15, 0.2) is 0 Å². The van der Waals surface area contributed by atoms with Crippen molar-refractivity contribution in [3.05, 3.63) is 82.0 Å². The standard InChI is InChI=1S/C28H35N3O4S/c1-4-35-26-14-9-8-13-25(26)29-28(33)30(17-10-18-34-3)21-27(32)31(19-23-11-6-5-7-12-23)20-24-16-15-22(2)36-24/h5-9,11-16H,4,10,17-21H2,1-3H3,(H,29,33). The highest BCUT2D eigenvalue weighted by atomic mass is 32.1. The topological polar surface area (TPSA) is 71.1 Å². The van der Waals surface area contributed by atoms with Crippen molar-refractivity contribution >= 4 is 29.0 Å². The minimum absolute atomic E-state index is 0.0382. The highest BCUT2D eigenvalue weighted by Gasteiger charge is 2.23. The molecule has 192 valence electrons. The third-order valence-corrected chi connectivity index (χ3v) is 6.52. The number of methoxy groups -OCH3 is 1. The van der Waals surface area contributed by atoms with Gasteiger partial charge < -0.3 is 24.6 Å². The number of aryl methyl sites for hydroxylation is 1. The first-order valence-corrected chi connectivity index (χ1v) is 13.0. The Kier molecular flexibility index (Phi) is 10.8. The number of amides is 3. The molecule has 0 saturated carbocycles. The minimum Gasteiger partial charge on any atom is -0.492 e. The van der Waals surface area contributed by atoms with Crippen molar-refractivity contribution in [3.8, 4) is 5.75 Å². The number of thiophene rings is 1. The van der Waals surface area contributed by atoms with Crippen molar-refractivity contribution in [3.63, 3.8) is 0 Å². The van der Waals surface area contributed by atoms with E-state index in [1.54, 1.807) is 29.4 Å². The Morgan fingerprint density at radius 2 is 1.69 bits per heavy atom. The van der Waals surface area contributed by atoms with Gasteiger partial charge >= 0.3 is 6.03 Å². The maximum absolute atomic E-state index is 13.6. The summed E-state index contributed by atoms with van der Waals surface area (Å²) < 4.78 is 10.8. The van der Waals surface area contributed by atoms with Crippen LogP contribution in [0.1, 0.15) is 28.7 Å². The first kappa shape index (κ1) is 27.2. The van der Waals surface area contributed by atoms with Gasteiger partial charge in [0.25, 0.3) is 0 Å². The zero-order valence-electron chi connectivity index (χ0n) is 21.2. The molecule has 0 spiro atoms. The second-order valence-electron chi connectivity index (χ2n) is 8.37. The molecule has 3 amide bonds. The second-order valence-corrected chi connectivity index (χ2v) is 9.75. The second kappa shape index (κ2) is 14.3. The van der Waals surface area contributed by atoms with E-state index in [0.29, 0.717) is 50.7 Å². The molecule has 0 unspecified atom stereocenters. The first-order chi connectivity index (χ1) is 17.5. The molecule has 0 bridgehead atoms. The van der Waals surface area contributed by atoms with Crippen LogP contribution >= 0.6 is 11.3 Å². The van der Waals surface area contributed by atoms with Crippen LogP contribution in [0.4, 0.5) is 10.5 Å². The Bertz CT molecular complexity index is 1100. The molecule has 0 saturated heterocycles. The Hall–Kier alpha value is -3.36. The molecule has 0 aliphatic heterocycles. The monoisotopic (exact) mass is 509 g/mol. The smallest absolute Gasteiger partial charge is 0.322 e. The van der Waals surface area contributed by atoms with Crippen LogP contribution in [0.5, 0.6) is 5.75 Å². The van der Waals surface area contributed by atoms with Gasteiger partial charge in [-0.15, -0.1) is 11.3 Å². The van der Waals surface area contributed by atoms with Gasteiger partial charge in [-0.1, -0.05) is 42.5 Å². The number of rotatable bonds is 13. The number of benzene rings is 2. The van der Waals surface area contributed by atoms with Crippen LogP contribution in [-0.4, -0.2) is 55.2 Å². The van der Waals surface area contributed by atoms with E-state index in [1.165, 1.54) is 4.88 Å². The van der Waals surface area contributed by atoms with Gasteiger partial charge in [-0.3, -0.25) is 4.79 Å². The average Bonchev–Trinajstić information content (AvgIpc) is 3.29. The number of hydrogen-bond donors (Lipinski definition) is 1. The number of hydrogen-bond acceptors (Lipinski definition) is 5. The van der Waals surface area contributed by atoms with Crippen molar-refractivity contribution in [2.24, 2.45) is 0 Å². The van der Waals surface area contributed by atoms with E-state index in [0.717, 1.165) is 10.4 Å². The van der Waals surface area contributed by atoms with Crippen molar-refractivity contribution in [1.29, 1.82) is 0 Å². The summed E-state index contributed by atoms with van der Waals surface area (Å²) in [6.45, 7) is 6.24. The van der Waals surface area contributed by atoms with Gasteiger partial charge in [0.2, 0.25) is 5.91 Å². The summed E-state index contributed by atoms with van der Waals surface area (Å²) in [7, 11) is 1.62. The fourth-order valence-corrected chi connectivity index (χ4v) is 4.66. The average molecular weight is 510 g/mol. The molecule has 1 aromatic heterocycles. The molecule has 0 radical (unpaired) electrons. The quantitative estimate of drug-likeness (QED) is 0.307. The summed E-state index contributed by atoms with van der Waals surface area (Å²) in [5.74, 6) is 0.478. The molecular formula is C28H35N3O4S. The fourth-order valence-electron chi connectivity index (χ4n) is 3.76. The summed E-state index contributed by atoms with van der Waals surface area (Å²) in [6, 6.07) is 21.0. The number of ether oxygens (including phenoxy) is 2. The lowest BCUT2D eigenvalue weighted by atomic mass is 10.2. The van der Waals surface area contributed by atoms with Crippen LogP contribution in [0.2, 0.25) is 0 Å². The maximum Gasteiger partial charge on any atom is 0.322 e. The molecule has 1 N–H and O–H groups in total. The lowest BCUT2D eigenvalue weighted by Crippen LogP contribution is -2.44. The zero-order chi connectivity index (χ0) is 25.8. The van der Waals surface area contributed by atoms with E-state index < -0.39 is 0 Å². The van der Waals surface area contributed by atoms with Gasteiger partial charge in [0.1, 0.15) is 12.3 Å². The van der Waals surface area contributed by atoms with Crippen molar-refractivity contribution in [2.45, 2.75) is 33.4 Å². The summed E-state index contributed by atoms with van der Waals surface area (Å²) >= 11 is 1.68. The molecule has 2 aromatic carbocycles. The van der Waals surface area contributed by atoms with Gasteiger partial charge in [-0.25, -0.2) is 4.79 Å². The number of urea groups is 1. The number of nitrogens with one attached hydrogen (secondary N) is 1. The van der Waals surface area contributed by atoms with E-state index >= 15 is 0 Å². The van der Waals surface area contributed by atoms with E-state index in [4.69, 9.17) is 9.47 Å². The summed E-state index contributed by atoms with van der Waals surface area (Å²) in [5.41, 5.74) is 1.61. The molecule has 8 heteroatoms. The Morgan fingerprint density at radius 3 is 2.39 bits per heavy atom. The third-order valence-electron chi connectivity index (χ3n) is 5.53. The van der Waals surface area contributed by atoms with E-state index in [9.17, 15) is 9.59 Å². The van der Waals surface area contributed by atoms with E-state index in [-0.39, 0.29) is 18.5 Å². The predicted molar refractivity (Wildman–Crippen MR) is 144 cm³/mol. The highest BCUT2D eigenvalue weighted by molar-refractivity contribution is 7.11. The Labute approximate surface area is 217 Å². The summed E-state index contributed by atoms with van der Waals surface area (Å²) in [5, 5.41) is 2.92. The Balaban J connectivity index is 1.77. The van der Waals surface area contributed by atoms with Crippen LogP contribution in [0.3, 0.4) is 0 Å². The normalized spacial score (nSPS) is 10.6. The third kappa shape index (κ3) is 8.39. The highest BCUT2D eigenvalue weighted by Crippen LogP contribution is 2.24. The van der Waals surface area contributed by atoms with Crippen LogP contribution in [0.15, 0.2) is 66.7 Å². The van der Waals surface area contributed by atoms with Crippen LogP contribution in [0, 0.1) is 6.92 Å². The number of para-hydroxylation sites is 2. The van der Waals surface area contributed by atoms with Crippen molar-refractivity contribution in [2.75, 3.05) is 38.7 Å². The number of nitrogens with zero attached hydrogens (tertiary/aromatic N) is 2. The predicted octanol–water partition coefficient (Wildman–Crippen LogP) is 5.55. The number of carbonyl (C=O) groups is 2. The first-order valence-electron chi connectivity index (χ1n) is 12.1. The molecule has 3 rings (SSSR count). The van der Waals surface area contributed by atoms with Crippen molar-refractivity contribution in [1.82, 2.24) is 9.80 Å². The fraction of sp³-hybridized carbons (Fsp3) is 0.357. The molecule has 0 aliphatic carbocycles. The van der Waals surface area contributed by atoms with Crippen molar-refractivity contribution < 1.29 is 19.1 Å². The Morgan fingerprint density at radius 1 is 0.944 bits per heavy atom. The maximum atomic E-state index is 13.6. The molecule has 0 fully saturated rings. The van der Waals surface area contributed by atoms with Crippen LogP contribution < -0.4 is 10.1 Å². The number of anilines is 1. The molecule has 3 aromatic rings. The lowest BCUT2D eigenvalue weighted by Gasteiger charge is -2.28. The molecule has 36 heavy (non-hydrogen) atoms. The summed E-state index contributed by atoms with van der Waals surface area (Å²) in [4.78, 5) is 32.5. The van der Waals surface area contributed by atoms with Gasteiger partial charge in [-0.2, -0.15) is 0 Å². The SMILES string of the molecule is CCOc1ccccc1NC(=O)N(CCCOC)CC(=O)N(Cc1ccccc1)Cc1ccc(C)s1. The molecule has 0 aliphatic rings. The van der Waals surface area contributed by atoms with E-state index in [2.05, 4.69) is 24.4 Å². The lowest BCUT2D eigenvalue weighted by molar-refractivity contribution is -0.133. The van der Waals surface area contributed by atoms with Gasteiger partial charge in [0, 0.05) is 36.6 Å². The zero-order valence-corrected chi connectivity index (χ0v) is 22.1. The molecule has 1 heterocycles. The molecular weight excluding hydrogens is 474 g/mol. The molecule has 7 nitrogen and oxygen atoms in total. The van der Waals surface area contributed by atoms with Gasteiger partial charge in [0.05, 0.1) is 18.8 Å². The van der Waals surface area contributed by atoms with Crippen LogP contribution in [-0.2, 0) is 22.6 Å².